The van der Waals surface area contributed by atoms with Gasteiger partial charge in [0.05, 0.1) is 7.11 Å². The Morgan fingerprint density at radius 3 is 2.26 bits per heavy atom. The maximum atomic E-state index is 5.80. The largest absolute Gasteiger partial charge is 0.493 e. The lowest BCUT2D eigenvalue weighted by molar-refractivity contribution is 0.284. The van der Waals surface area contributed by atoms with Crippen LogP contribution < -0.4 is 9.47 Å². The van der Waals surface area contributed by atoms with Gasteiger partial charge >= 0.3 is 0 Å². The zero-order valence-corrected chi connectivity index (χ0v) is 13.7. The maximum Gasteiger partial charge on any atom is 0.161 e. The minimum atomic E-state index is 0.525. The molecule has 2 rings (SSSR count). The van der Waals surface area contributed by atoms with Crippen molar-refractivity contribution in [2.45, 2.75) is 11.9 Å². The van der Waals surface area contributed by atoms with E-state index in [0.717, 1.165) is 32.4 Å². The number of methoxy groups -OCH3 is 1. The summed E-state index contributed by atoms with van der Waals surface area (Å²) >= 11 is 6.84. The second-order valence-electron chi connectivity index (χ2n) is 4.03. The van der Waals surface area contributed by atoms with Crippen molar-refractivity contribution in [2.75, 3.05) is 7.11 Å². The van der Waals surface area contributed by atoms with Crippen molar-refractivity contribution in [3.05, 3.63) is 58.1 Å². The Bertz CT molecular complexity index is 538. The maximum absolute atomic E-state index is 5.80. The summed E-state index contributed by atoms with van der Waals surface area (Å²) in [7, 11) is 1.65. The number of hydrogen-bond donors (Lipinski definition) is 0. The van der Waals surface area contributed by atoms with Crippen molar-refractivity contribution in [3.63, 3.8) is 0 Å². The molecule has 0 bridgehead atoms. The average molecular weight is 386 g/mol. The van der Waals surface area contributed by atoms with E-state index in [1.807, 2.05) is 42.5 Å². The summed E-state index contributed by atoms with van der Waals surface area (Å²) in [5.74, 6) is 1.52. The summed E-state index contributed by atoms with van der Waals surface area (Å²) in [6.45, 7) is 0.525. The monoisotopic (exact) mass is 384 g/mol. The van der Waals surface area contributed by atoms with Gasteiger partial charge in [0.15, 0.2) is 11.5 Å². The summed E-state index contributed by atoms with van der Waals surface area (Å²) < 4.78 is 12.2. The number of ether oxygens (including phenoxy) is 2. The molecule has 0 unspecified atom stereocenters. The highest BCUT2D eigenvalue weighted by Gasteiger charge is 2.05. The van der Waals surface area contributed by atoms with Crippen molar-refractivity contribution in [1.82, 2.24) is 0 Å². The highest BCUT2D eigenvalue weighted by Crippen LogP contribution is 2.29. The van der Waals surface area contributed by atoms with Crippen LogP contribution in [0.3, 0.4) is 0 Å². The van der Waals surface area contributed by atoms with Gasteiger partial charge in [-0.15, -0.1) is 0 Å². The first-order valence-electron chi connectivity index (χ1n) is 5.83. The summed E-state index contributed by atoms with van der Waals surface area (Å²) in [5.41, 5.74) is 2.28. The molecule has 0 atom stereocenters. The van der Waals surface area contributed by atoms with Crippen LogP contribution in [-0.4, -0.2) is 7.11 Å². The molecule has 0 aliphatic heterocycles. The predicted molar refractivity (Wildman–Crippen MR) is 84.1 cm³/mol. The summed E-state index contributed by atoms with van der Waals surface area (Å²) in [6, 6.07) is 14.0. The van der Waals surface area contributed by atoms with E-state index in [9.17, 15) is 0 Å². The van der Waals surface area contributed by atoms with Crippen molar-refractivity contribution < 1.29 is 9.47 Å². The molecule has 0 heterocycles. The van der Waals surface area contributed by atoms with Crippen LogP contribution in [0, 0.1) is 0 Å². The van der Waals surface area contributed by atoms with Crippen LogP contribution in [0.15, 0.2) is 46.9 Å². The van der Waals surface area contributed by atoms with Gasteiger partial charge in [-0.25, -0.2) is 0 Å². The normalized spacial score (nSPS) is 10.3. The average Bonchev–Trinajstić information content (AvgIpc) is 2.46. The summed E-state index contributed by atoms with van der Waals surface area (Å²) in [6.07, 6.45) is 0. The van der Waals surface area contributed by atoms with Crippen LogP contribution in [0.5, 0.6) is 11.5 Å². The third kappa shape index (κ3) is 3.98. The topological polar surface area (TPSA) is 18.5 Å². The van der Waals surface area contributed by atoms with Gasteiger partial charge in [0.25, 0.3) is 0 Å². The fraction of sp³-hybridized carbons (Fsp3) is 0.200. The molecule has 0 saturated heterocycles. The van der Waals surface area contributed by atoms with Crippen LogP contribution in [-0.2, 0) is 11.9 Å². The number of hydrogen-bond acceptors (Lipinski definition) is 2. The quantitative estimate of drug-likeness (QED) is 0.679. The third-order valence-corrected chi connectivity index (χ3v) is 3.87. The standard InChI is InChI=1S/C15H14Br2O2/c1-18-15-8-12(9-16)4-7-14(15)19-10-11-2-5-13(17)6-3-11/h2-8H,9-10H2,1H3. The molecule has 100 valence electrons. The lowest BCUT2D eigenvalue weighted by Crippen LogP contribution is -1.98. The summed E-state index contributed by atoms with van der Waals surface area (Å²) in [5, 5.41) is 0.802. The van der Waals surface area contributed by atoms with E-state index in [1.165, 1.54) is 0 Å². The first kappa shape index (κ1) is 14.4. The molecule has 2 aromatic rings. The van der Waals surface area contributed by atoms with E-state index < -0.39 is 0 Å². The molecule has 0 spiro atoms. The first-order valence-corrected chi connectivity index (χ1v) is 7.74. The molecule has 0 amide bonds. The van der Waals surface area contributed by atoms with Crippen LogP contribution in [0.4, 0.5) is 0 Å². The molecule has 0 aliphatic carbocycles. The lowest BCUT2D eigenvalue weighted by atomic mass is 10.2. The fourth-order valence-corrected chi connectivity index (χ4v) is 2.27. The van der Waals surface area contributed by atoms with Gasteiger partial charge < -0.3 is 9.47 Å². The highest BCUT2D eigenvalue weighted by atomic mass is 79.9. The molecule has 0 N–H and O–H groups in total. The van der Waals surface area contributed by atoms with Crippen molar-refractivity contribution >= 4 is 31.9 Å². The van der Waals surface area contributed by atoms with Crippen LogP contribution >= 0.6 is 31.9 Å². The Hall–Kier alpha value is -1.00. The third-order valence-electron chi connectivity index (χ3n) is 2.69. The fourth-order valence-electron chi connectivity index (χ4n) is 1.66. The zero-order valence-electron chi connectivity index (χ0n) is 10.5. The minimum absolute atomic E-state index is 0.525. The number of rotatable bonds is 5. The Balaban J connectivity index is 2.08. The van der Waals surface area contributed by atoms with Crippen molar-refractivity contribution in [2.24, 2.45) is 0 Å². The Kier molecular flexibility index (Phi) is 5.28. The molecule has 0 aliphatic rings. The molecule has 2 aromatic carbocycles. The van der Waals surface area contributed by atoms with Crippen molar-refractivity contribution in [3.8, 4) is 11.5 Å². The van der Waals surface area contributed by atoms with Gasteiger partial charge in [-0.3, -0.25) is 0 Å². The van der Waals surface area contributed by atoms with Gasteiger partial charge in [0, 0.05) is 9.80 Å². The first-order chi connectivity index (χ1) is 9.22. The van der Waals surface area contributed by atoms with Crippen molar-refractivity contribution in [1.29, 1.82) is 0 Å². The molecule has 0 saturated carbocycles. The predicted octanol–water partition coefficient (Wildman–Crippen LogP) is 4.93. The van der Waals surface area contributed by atoms with Crippen LogP contribution in [0.2, 0.25) is 0 Å². The highest BCUT2D eigenvalue weighted by molar-refractivity contribution is 9.10. The van der Waals surface area contributed by atoms with E-state index >= 15 is 0 Å². The van der Waals surface area contributed by atoms with E-state index in [-0.39, 0.29) is 0 Å². The summed E-state index contributed by atoms with van der Waals surface area (Å²) in [4.78, 5) is 0. The Morgan fingerprint density at radius 2 is 1.63 bits per heavy atom. The lowest BCUT2D eigenvalue weighted by Gasteiger charge is -2.11. The number of alkyl halides is 1. The smallest absolute Gasteiger partial charge is 0.161 e. The SMILES string of the molecule is COc1cc(CBr)ccc1OCc1ccc(Br)cc1. The van der Waals surface area contributed by atoms with Gasteiger partial charge in [-0.2, -0.15) is 0 Å². The van der Waals surface area contributed by atoms with Gasteiger partial charge in [0.1, 0.15) is 6.61 Å². The van der Waals surface area contributed by atoms with Crippen LogP contribution in [0.1, 0.15) is 11.1 Å². The van der Waals surface area contributed by atoms with Gasteiger partial charge in [-0.05, 0) is 35.4 Å². The second-order valence-corrected chi connectivity index (χ2v) is 5.51. The number of benzene rings is 2. The molecular formula is C15H14Br2O2. The molecule has 0 aromatic heterocycles. The molecule has 19 heavy (non-hydrogen) atoms. The van der Waals surface area contributed by atoms with Crippen LogP contribution in [0.25, 0.3) is 0 Å². The minimum Gasteiger partial charge on any atom is -0.493 e. The molecule has 0 fully saturated rings. The van der Waals surface area contributed by atoms with Gasteiger partial charge in [-0.1, -0.05) is 50.1 Å². The molecule has 0 radical (unpaired) electrons. The second kappa shape index (κ2) is 6.96. The van der Waals surface area contributed by atoms with E-state index in [0.29, 0.717) is 6.61 Å². The number of halogens is 2. The zero-order chi connectivity index (χ0) is 13.7. The Morgan fingerprint density at radius 1 is 0.947 bits per heavy atom. The van der Waals surface area contributed by atoms with Gasteiger partial charge in [0.2, 0.25) is 0 Å². The molecular weight excluding hydrogens is 372 g/mol. The molecule has 2 nitrogen and oxygen atoms in total. The Labute approximate surface area is 130 Å². The molecule has 4 heteroatoms. The van der Waals surface area contributed by atoms with E-state index in [4.69, 9.17) is 9.47 Å². The van der Waals surface area contributed by atoms with E-state index in [1.54, 1.807) is 7.11 Å². The van der Waals surface area contributed by atoms with E-state index in [2.05, 4.69) is 31.9 Å².